The van der Waals surface area contributed by atoms with Crippen LogP contribution < -0.4 is 9.47 Å². The minimum absolute atomic E-state index is 0.0320. The van der Waals surface area contributed by atoms with Gasteiger partial charge in [0.05, 0.1) is 61.3 Å². The molecule has 64 heavy (non-hydrogen) atoms. The van der Waals surface area contributed by atoms with E-state index in [1.165, 1.54) is 6.08 Å². The van der Waals surface area contributed by atoms with Crippen LogP contribution in [0.1, 0.15) is 77.0 Å². The van der Waals surface area contributed by atoms with Gasteiger partial charge in [0.15, 0.2) is 23.6 Å². The topological polar surface area (TPSA) is 187 Å². The van der Waals surface area contributed by atoms with Crippen LogP contribution in [-0.2, 0) is 42.9 Å². The zero-order valence-electron chi connectivity index (χ0n) is 36.0. The number of aliphatic hydroxyl groups excluding tert-OH is 1. The summed E-state index contributed by atoms with van der Waals surface area (Å²) in [4.78, 5) is 74.5. The van der Waals surface area contributed by atoms with Crippen molar-refractivity contribution in [3.63, 3.8) is 0 Å². The van der Waals surface area contributed by atoms with Gasteiger partial charge in [-0.05, 0) is 89.2 Å². The molecular formula is C50H56N2O12. The zero-order chi connectivity index (χ0) is 45.3. The molecule has 0 saturated heterocycles. The number of rotatable bonds is 21. The van der Waals surface area contributed by atoms with Gasteiger partial charge in [0.2, 0.25) is 0 Å². The van der Waals surface area contributed by atoms with Gasteiger partial charge in [-0.25, -0.2) is 14.8 Å². The van der Waals surface area contributed by atoms with Gasteiger partial charge in [0, 0.05) is 28.7 Å². The summed E-state index contributed by atoms with van der Waals surface area (Å²) in [5.41, 5.74) is 2.67. The van der Waals surface area contributed by atoms with Crippen molar-refractivity contribution in [1.82, 2.24) is 9.97 Å². The summed E-state index contributed by atoms with van der Waals surface area (Å²) in [5.74, 6) is -3.34. The predicted octanol–water partition coefficient (Wildman–Crippen LogP) is 8.28. The standard InChI is InChI=1S/C50H56N2O12/c1-3-43(53)59-27-11-13-29-61-47(55)35-19-23-37(24-20-35)49(57)63-41-31-39-40(51-46(34-17-9-6-10-18-34)52-45(39)33-15-7-5-8-16-33)32-42(41)64-50(58)38-25-21-36(22-26-38)48(56)62-30-14-12-28-60-44(54)4-2/h3-10,15-18,31-32,35-38,43,53H,1-2,11-14,19-30H2. The molecule has 3 aromatic carbocycles. The Balaban J connectivity index is 1.14. The van der Waals surface area contributed by atoms with Crippen LogP contribution in [0, 0.1) is 23.7 Å². The van der Waals surface area contributed by atoms with E-state index in [0.29, 0.717) is 106 Å². The molecule has 2 aliphatic carbocycles. The van der Waals surface area contributed by atoms with Crippen LogP contribution in [0.3, 0.4) is 0 Å². The SMILES string of the molecule is C=CC(=O)OCCCCOC(=O)C1CCC(C(=O)Oc2cc3nc(-c4ccccc4)nc(-c4ccccc4)c3cc2OC(=O)C2CCC(C(=O)OCCCCOC(O)C=C)CC2)CC1. The number of aliphatic hydroxyl groups is 1. The Morgan fingerprint density at radius 1 is 0.594 bits per heavy atom. The lowest BCUT2D eigenvalue weighted by Gasteiger charge is -2.27. The maximum atomic E-state index is 13.9. The second-order valence-corrected chi connectivity index (χ2v) is 16.0. The van der Waals surface area contributed by atoms with Gasteiger partial charge >= 0.3 is 29.8 Å². The van der Waals surface area contributed by atoms with Crippen LogP contribution >= 0.6 is 0 Å². The number of aromatic nitrogens is 2. The number of nitrogens with zero attached hydrogens (tertiary/aromatic N) is 2. The molecule has 0 bridgehead atoms. The lowest BCUT2D eigenvalue weighted by Crippen LogP contribution is -2.30. The highest BCUT2D eigenvalue weighted by Gasteiger charge is 2.35. The Bertz CT molecular complexity index is 2230. The van der Waals surface area contributed by atoms with Gasteiger partial charge in [-0.2, -0.15) is 0 Å². The Morgan fingerprint density at radius 2 is 1.05 bits per heavy atom. The van der Waals surface area contributed by atoms with E-state index in [1.807, 2.05) is 60.7 Å². The summed E-state index contributed by atoms with van der Waals surface area (Å²) in [6, 6.07) is 22.4. The first kappa shape index (κ1) is 47.2. The molecule has 6 rings (SSSR count). The van der Waals surface area contributed by atoms with E-state index in [9.17, 15) is 29.1 Å². The van der Waals surface area contributed by atoms with Crippen molar-refractivity contribution < 1.29 is 57.5 Å². The molecule has 0 radical (unpaired) electrons. The van der Waals surface area contributed by atoms with Gasteiger partial charge in [-0.3, -0.25) is 19.2 Å². The average molecular weight is 877 g/mol. The highest BCUT2D eigenvalue weighted by Crippen LogP contribution is 2.40. The molecule has 14 heteroatoms. The fourth-order valence-corrected chi connectivity index (χ4v) is 7.83. The van der Waals surface area contributed by atoms with Crippen LogP contribution in [0.4, 0.5) is 0 Å². The second-order valence-electron chi connectivity index (χ2n) is 16.0. The van der Waals surface area contributed by atoms with E-state index >= 15 is 0 Å². The van der Waals surface area contributed by atoms with Crippen molar-refractivity contribution in [3.05, 3.63) is 98.1 Å². The Hall–Kier alpha value is -6.25. The number of carbonyl (C=O) groups excluding carboxylic acids is 5. The predicted molar refractivity (Wildman–Crippen MR) is 236 cm³/mol. The second kappa shape index (κ2) is 24.0. The van der Waals surface area contributed by atoms with E-state index in [0.717, 1.165) is 17.2 Å². The van der Waals surface area contributed by atoms with Gasteiger partial charge in [-0.1, -0.05) is 73.8 Å². The summed E-state index contributed by atoms with van der Waals surface area (Å²) in [7, 11) is 0. The molecule has 4 aromatic rings. The monoisotopic (exact) mass is 876 g/mol. The molecule has 1 atom stereocenters. The number of esters is 5. The number of ether oxygens (including phenoxy) is 6. The lowest BCUT2D eigenvalue weighted by molar-refractivity contribution is -0.152. The Kier molecular flexibility index (Phi) is 17.7. The van der Waals surface area contributed by atoms with Crippen molar-refractivity contribution in [2.24, 2.45) is 23.7 Å². The summed E-state index contributed by atoms with van der Waals surface area (Å²) in [5, 5.41) is 10.0. The van der Waals surface area contributed by atoms with Gasteiger partial charge in [-0.15, -0.1) is 0 Å². The quantitative estimate of drug-likeness (QED) is 0.0160. The number of unbranched alkanes of at least 4 members (excludes halogenated alkanes) is 2. The lowest BCUT2D eigenvalue weighted by atomic mass is 9.82. The van der Waals surface area contributed by atoms with Gasteiger partial charge in [0.1, 0.15) is 0 Å². The van der Waals surface area contributed by atoms with E-state index in [4.69, 9.17) is 38.4 Å². The van der Waals surface area contributed by atoms with E-state index < -0.39 is 36.0 Å². The molecule has 14 nitrogen and oxygen atoms in total. The molecule has 1 aromatic heterocycles. The smallest absolute Gasteiger partial charge is 0.330 e. The van der Waals surface area contributed by atoms with Crippen molar-refractivity contribution in [1.29, 1.82) is 0 Å². The summed E-state index contributed by atoms with van der Waals surface area (Å²) in [6.45, 7) is 7.78. The van der Waals surface area contributed by atoms with Gasteiger partial charge in [0.25, 0.3) is 0 Å². The molecule has 1 N–H and O–H groups in total. The average Bonchev–Trinajstić information content (AvgIpc) is 3.33. The van der Waals surface area contributed by atoms with Crippen molar-refractivity contribution in [3.8, 4) is 34.1 Å². The molecular weight excluding hydrogens is 821 g/mol. The molecule has 2 saturated carbocycles. The number of hydrogen-bond donors (Lipinski definition) is 1. The molecule has 2 fully saturated rings. The molecule has 0 aliphatic heterocycles. The summed E-state index contributed by atoms with van der Waals surface area (Å²) in [6.07, 6.45) is 7.03. The first-order chi connectivity index (χ1) is 31.1. The number of hydrogen-bond acceptors (Lipinski definition) is 14. The fraction of sp³-hybridized carbons (Fsp3) is 0.420. The third kappa shape index (κ3) is 13.4. The first-order valence-corrected chi connectivity index (χ1v) is 22.1. The summed E-state index contributed by atoms with van der Waals surface area (Å²) < 4.78 is 33.3. The highest BCUT2D eigenvalue weighted by atomic mass is 16.6. The molecule has 2 aliphatic rings. The number of carbonyl (C=O) groups is 5. The summed E-state index contributed by atoms with van der Waals surface area (Å²) >= 11 is 0. The van der Waals surface area contributed by atoms with E-state index in [2.05, 4.69) is 13.2 Å². The molecule has 338 valence electrons. The van der Waals surface area contributed by atoms with Crippen LogP contribution in [0.25, 0.3) is 33.5 Å². The fourth-order valence-electron chi connectivity index (χ4n) is 7.83. The molecule has 1 unspecified atom stereocenters. The molecule has 1 heterocycles. The largest absolute Gasteiger partial charge is 0.465 e. The van der Waals surface area contributed by atoms with E-state index in [1.54, 1.807) is 12.1 Å². The van der Waals surface area contributed by atoms with Crippen molar-refractivity contribution >= 4 is 40.7 Å². The normalized spacial score (nSPS) is 18.8. The highest BCUT2D eigenvalue weighted by molar-refractivity contribution is 5.97. The first-order valence-electron chi connectivity index (χ1n) is 22.1. The molecule has 0 spiro atoms. The minimum Gasteiger partial charge on any atom is -0.465 e. The third-order valence-electron chi connectivity index (χ3n) is 11.5. The maximum absolute atomic E-state index is 13.9. The van der Waals surface area contributed by atoms with Gasteiger partial charge < -0.3 is 33.5 Å². The van der Waals surface area contributed by atoms with Crippen LogP contribution in [0.15, 0.2) is 98.1 Å². The van der Waals surface area contributed by atoms with Crippen molar-refractivity contribution in [2.75, 3.05) is 26.4 Å². The maximum Gasteiger partial charge on any atom is 0.330 e. The van der Waals surface area contributed by atoms with Crippen LogP contribution in [0.5, 0.6) is 11.5 Å². The van der Waals surface area contributed by atoms with Crippen molar-refractivity contribution in [2.45, 2.75) is 83.3 Å². The number of benzene rings is 3. The van der Waals surface area contributed by atoms with Crippen LogP contribution in [-0.4, -0.2) is 77.6 Å². The zero-order valence-corrected chi connectivity index (χ0v) is 36.0. The van der Waals surface area contributed by atoms with E-state index in [-0.39, 0.29) is 55.1 Å². The molecule has 0 amide bonds. The van der Waals surface area contributed by atoms with Crippen LogP contribution in [0.2, 0.25) is 0 Å². The minimum atomic E-state index is -1.02. The third-order valence-corrected chi connectivity index (χ3v) is 11.5. The Morgan fingerprint density at radius 3 is 1.55 bits per heavy atom. The Labute approximate surface area is 373 Å². The number of fused-ring (bicyclic) bond motifs is 1.